The molecule has 2 rings (SSSR count). The van der Waals surface area contributed by atoms with Gasteiger partial charge >= 0.3 is 11.7 Å². The fourth-order valence-corrected chi connectivity index (χ4v) is 2.62. The Bertz CT molecular complexity index is 762. The molecule has 0 saturated heterocycles. The summed E-state index contributed by atoms with van der Waals surface area (Å²) in [6.07, 6.45) is 7.87. The van der Waals surface area contributed by atoms with Crippen LogP contribution >= 0.6 is 0 Å². The summed E-state index contributed by atoms with van der Waals surface area (Å²) in [5.41, 5.74) is 0.103. The largest absolute Gasteiger partial charge is 0.451 e. The number of hydrogen-bond acceptors (Lipinski definition) is 5. The topological polar surface area (TPSA) is 110 Å². The van der Waals surface area contributed by atoms with Crippen LogP contribution in [0.15, 0.2) is 33.5 Å². The highest BCUT2D eigenvalue weighted by Gasteiger charge is 2.18. The molecule has 1 aliphatic rings. The van der Waals surface area contributed by atoms with E-state index in [0.717, 1.165) is 29.9 Å². The van der Waals surface area contributed by atoms with Gasteiger partial charge < -0.3 is 10.1 Å². The Hall–Kier alpha value is -2.64. The summed E-state index contributed by atoms with van der Waals surface area (Å²) in [7, 11) is 0. The van der Waals surface area contributed by atoms with Crippen molar-refractivity contribution in [2.45, 2.75) is 51.7 Å². The molecule has 0 bridgehead atoms. The number of hydrogen-bond donors (Lipinski definition) is 2. The molecule has 1 aliphatic carbocycles. The van der Waals surface area contributed by atoms with Gasteiger partial charge in [-0.05, 0) is 39.0 Å². The Labute approximate surface area is 144 Å². The molecule has 0 aromatic carbocycles. The molecule has 0 saturated carbocycles. The van der Waals surface area contributed by atoms with Gasteiger partial charge in [-0.2, -0.15) is 0 Å². The molecule has 0 radical (unpaired) electrons. The molecule has 2 N–H and O–H groups in total. The fraction of sp³-hybridized carbons (Fsp3) is 0.529. The minimum Gasteiger partial charge on any atom is -0.451 e. The molecule has 1 heterocycles. The zero-order valence-corrected chi connectivity index (χ0v) is 14.2. The van der Waals surface area contributed by atoms with Gasteiger partial charge in [0.25, 0.3) is 11.5 Å². The van der Waals surface area contributed by atoms with Crippen molar-refractivity contribution in [3.63, 3.8) is 0 Å². The first-order valence-corrected chi connectivity index (χ1v) is 8.40. The number of ether oxygens (including phenoxy) is 1. The van der Waals surface area contributed by atoms with Crippen molar-refractivity contribution in [1.29, 1.82) is 0 Å². The summed E-state index contributed by atoms with van der Waals surface area (Å²) < 4.78 is 6.03. The van der Waals surface area contributed by atoms with Crippen LogP contribution in [0.1, 0.15) is 39.0 Å². The third-order valence-electron chi connectivity index (χ3n) is 4.00. The molecule has 1 atom stereocenters. The maximum atomic E-state index is 12.0. The minimum absolute atomic E-state index is 0.375. The van der Waals surface area contributed by atoms with Gasteiger partial charge in [0.2, 0.25) is 0 Å². The van der Waals surface area contributed by atoms with Gasteiger partial charge in [-0.25, -0.2) is 4.79 Å². The van der Waals surface area contributed by atoms with Crippen molar-refractivity contribution in [3.05, 3.63) is 44.8 Å². The molecule has 136 valence electrons. The van der Waals surface area contributed by atoms with Crippen molar-refractivity contribution in [3.8, 4) is 0 Å². The summed E-state index contributed by atoms with van der Waals surface area (Å²) in [5, 5.41) is 2.74. The molecular weight excluding hydrogens is 326 g/mol. The Morgan fingerprint density at radius 1 is 1.36 bits per heavy atom. The van der Waals surface area contributed by atoms with Crippen LogP contribution < -0.4 is 16.6 Å². The van der Waals surface area contributed by atoms with E-state index in [0.29, 0.717) is 6.54 Å². The highest BCUT2D eigenvalue weighted by Crippen LogP contribution is 2.19. The van der Waals surface area contributed by atoms with Gasteiger partial charge in [-0.15, -0.1) is 0 Å². The van der Waals surface area contributed by atoms with Crippen LogP contribution in [-0.4, -0.2) is 34.1 Å². The number of carbonyl (C=O) groups is 2. The van der Waals surface area contributed by atoms with Gasteiger partial charge in [0.05, 0.1) is 0 Å². The van der Waals surface area contributed by atoms with Crippen molar-refractivity contribution in [2.24, 2.45) is 0 Å². The average Bonchev–Trinajstić information content (AvgIpc) is 2.58. The van der Waals surface area contributed by atoms with Crippen molar-refractivity contribution < 1.29 is 14.3 Å². The number of esters is 1. The number of nitrogens with zero attached hydrogens (tertiary/aromatic N) is 1. The molecule has 25 heavy (non-hydrogen) atoms. The monoisotopic (exact) mass is 349 g/mol. The zero-order chi connectivity index (χ0) is 18.2. The van der Waals surface area contributed by atoms with E-state index in [1.165, 1.54) is 31.5 Å². The first-order chi connectivity index (χ1) is 12.0. The maximum Gasteiger partial charge on any atom is 0.328 e. The van der Waals surface area contributed by atoms with Crippen LogP contribution in [0.5, 0.6) is 0 Å². The highest BCUT2D eigenvalue weighted by molar-refractivity contribution is 5.83. The normalized spacial score (nSPS) is 15.2. The first-order valence-electron chi connectivity index (χ1n) is 8.40. The van der Waals surface area contributed by atoms with Gasteiger partial charge in [-0.1, -0.05) is 11.6 Å². The van der Waals surface area contributed by atoms with Gasteiger partial charge in [0.15, 0.2) is 6.10 Å². The van der Waals surface area contributed by atoms with E-state index >= 15 is 0 Å². The summed E-state index contributed by atoms with van der Waals surface area (Å²) >= 11 is 0. The molecule has 1 aromatic rings. The van der Waals surface area contributed by atoms with Crippen LogP contribution in [0.25, 0.3) is 0 Å². The third-order valence-corrected chi connectivity index (χ3v) is 4.00. The SMILES string of the molecule is C[C@@H](OC(=O)Cn1ccc(=O)[nH]c1=O)C(=O)NCCC1=CCCCC1. The lowest BCUT2D eigenvalue weighted by atomic mass is 9.97. The molecule has 8 nitrogen and oxygen atoms in total. The zero-order valence-electron chi connectivity index (χ0n) is 14.2. The minimum atomic E-state index is -0.953. The number of nitrogens with one attached hydrogen (secondary N) is 2. The van der Waals surface area contributed by atoms with E-state index in [9.17, 15) is 19.2 Å². The van der Waals surface area contributed by atoms with E-state index < -0.39 is 23.3 Å². The number of allylic oxidation sites excluding steroid dienone is 1. The predicted molar refractivity (Wildman–Crippen MR) is 91.1 cm³/mol. The van der Waals surface area contributed by atoms with Crippen LogP contribution in [-0.2, 0) is 20.9 Å². The van der Waals surface area contributed by atoms with Crippen LogP contribution in [0.2, 0.25) is 0 Å². The quantitative estimate of drug-likeness (QED) is 0.549. The summed E-state index contributed by atoms with van der Waals surface area (Å²) in [4.78, 5) is 48.3. The molecule has 1 amide bonds. The van der Waals surface area contributed by atoms with Crippen molar-refractivity contribution in [2.75, 3.05) is 6.54 Å². The second-order valence-electron chi connectivity index (χ2n) is 6.02. The van der Waals surface area contributed by atoms with Crippen LogP contribution in [0.3, 0.4) is 0 Å². The molecule has 0 spiro atoms. The average molecular weight is 349 g/mol. The number of amides is 1. The Balaban J connectivity index is 1.75. The second-order valence-corrected chi connectivity index (χ2v) is 6.02. The number of carbonyl (C=O) groups excluding carboxylic acids is 2. The smallest absolute Gasteiger partial charge is 0.328 e. The standard InChI is InChI=1S/C17H23N3O5/c1-12(16(23)18-9-7-13-5-3-2-4-6-13)25-15(22)11-20-10-8-14(21)19-17(20)24/h5,8,10,12H,2-4,6-7,9,11H2,1H3,(H,18,23)(H,19,21,24)/t12-/m1/s1. The lowest BCUT2D eigenvalue weighted by Crippen LogP contribution is -2.38. The fourth-order valence-electron chi connectivity index (χ4n) is 2.62. The highest BCUT2D eigenvalue weighted by atomic mass is 16.5. The first kappa shape index (κ1) is 18.7. The lowest BCUT2D eigenvalue weighted by Gasteiger charge is -2.16. The number of H-pyrrole nitrogens is 1. The van der Waals surface area contributed by atoms with E-state index in [2.05, 4.69) is 11.4 Å². The Morgan fingerprint density at radius 2 is 2.16 bits per heavy atom. The van der Waals surface area contributed by atoms with Gasteiger partial charge in [0, 0.05) is 18.8 Å². The summed E-state index contributed by atoms with van der Waals surface area (Å²) in [6.45, 7) is 1.61. The molecule has 0 fully saturated rings. The summed E-state index contributed by atoms with van der Waals surface area (Å²) in [5.74, 6) is -1.11. The van der Waals surface area contributed by atoms with Crippen molar-refractivity contribution in [1.82, 2.24) is 14.9 Å². The van der Waals surface area contributed by atoms with Gasteiger partial charge in [0.1, 0.15) is 6.54 Å². The van der Waals surface area contributed by atoms with E-state index in [4.69, 9.17) is 4.74 Å². The van der Waals surface area contributed by atoms with Crippen molar-refractivity contribution >= 4 is 11.9 Å². The Morgan fingerprint density at radius 3 is 2.84 bits per heavy atom. The van der Waals surface area contributed by atoms with E-state index in [1.54, 1.807) is 0 Å². The molecule has 1 aromatic heterocycles. The molecule has 8 heteroatoms. The van der Waals surface area contributed by atoms with Gasteiger partial charge in [-0.3, -0.25) is 23.9 Å². The Kier molecular flexibility index (Phi) is 6.73. The van der Waals surface area contributed by atoms with Crippen LogP contribution in [0.4, 0.5) is 0 Å². The predicted octanol–water partition coefficient (Wildman–Crippen LogP) is 0.475. The lowest BCUT2D eigenvalue weighted by molar-refractivity contribution is -0.155. The number of rotatable bonds is 7. The third kappa shape index (κ3) is 6.06. The second kappa shape index (κ2) is 9.00. The van der Waals surface area contributed by atoms with E-state index in [-0.39, 0.29) is 12.5 Å². The van der Waals surface area contributed by atoms with E-state index in [1.807, 2.05) is 4.98 Å². The number of aromatic amines is 1. The molecular formula is C17H23N3O5. The number of aromatic nitrogens is 2. The van der Waals surface area contributed by atoms with Crippen LogP contribution in [0, 0.1) is 0 Å². The summed E-state index contributed by atoms with van der Waals surface area (Å²) in [6, 6.07) is 1.13. The molecule has 0 aliphatic heterocycles. The maximum absolute atomic E-state index is 12.0. The molecule has 0 unspecified atom stereocenters.